The average molecular weight is 196 g/mol. The van der Waals surface area contributed by atoms with Crippen LogP contribution in [0.25, 0.3) is 0 Å². The van der Waals surface area contributed by atoms with Crippen molar-refractivity contribution in [2.75, 3.05) is 12.4 Å². The first-order valence-corrected chi connectivity index (χ1v) is 4.92. The summed E-state index contributed by atoms with van der Waals surface area (Å²) >= 11 is 5.48. The van der Waals surface area contributed by atoms with Gasteiger partial charge in [-0.15, -0.1) is 11.6 Å². The fourth-order valence-corrected chi connectivity index (χ4v) is 1.17. The van der Waals surface area contributed by atoms with E-state index in [-0.39, 0.29) is 0 Å². The first-order chi connectivity index (χ1) is 6.43. The molecule has 1 rings (SSSR count). The molecule has 0 aromatic heterocycles. The number of rotatable bonds is 5. The summed E-state index contributed by atoms with van der Waals surface area (Å²) in [5.41, 5.74) is 1.31. The van der Waals surface area contributed by atoms with Gasteiger partial charge in [-0.1, -0.05) is 42.5 Å². The maximum Gasteiger partial charge on any atom is 0.0404 e. The van der Waals surface area contributed by atoms with Crippen molar-refractivity contribution < 1.29 is 0 Å². The van der Waals surface area contributed by atoms with E-state index >= 15 is 0 Å². The monoisotopic (exact) mass is 195 g/mol. The minimum absolute atomic E-state index is 0.590. The fraction of sp³-hybridized carbons (Fsp3) is 0.273. The molecule has 0 amide bonds. The van der Waals surface area contributed by atoms with Gasteiger partial charge in [-0.05, 0) is 5.56 Å². The summed E-state index contributed by atoms with van der Waals surface area (Å²) in [6.45, 7) is 1.79. The van der Waals surface area contributed by atoms with E-state index in [0.717, 1.165) is 13.1 Å². The van der Waals surface area contributed by atoms with Crippen LogP contribution in [0.15, 0.2) is 42.5 Å². The van der Waals surface area contributed by atoms with Gasteiger partial charge in [0.15, 0.2) is 0 Å². The van der Waals surface area contributed by atoms with Crippen molar-refractivity contribution in [3.05, 3.63) is 48.0 Å². The minimum atomic E-state index is 0.590. The molecule has 0 heterocycles. The van der Waals surface area contributed by atoms with E-state index in [9.17, 15) is 0 Å². The molecule has 0 aliphatic carbocycles. The van der Waals surface area contributed by atoms with Crippen LogP contribution in [0, 0.1) is 0 Å². The maximum atomic E-state index is 5.48. The normalized spacial score (nSPS) is 10.8. The van der Waals surface area contributed by atoms with Crippen molar-refractivity contribution >= 4 is 11.6 Å². The van der Waals surface area contributed by atoms with Gasteiger partial charge >= 0.3 is 0 Å². The summed E-state index contributed by atoms with van der Waals surface area (Å²) < 4.78 is 0. The lowest BCUT2D eigenvalue weighted by molar-refractivity contribution is 0.759. The molecule has 0 spiro atoms. The van der Waals surface area contributed by atoms with Crippen LogP contribution in [0.3, 0.4) is 0 Å². The number of nitrogens with one attached hydrogen (secondary N) is 1. The van der Waals surface area contributed by atoms with E-state index in [0.29, 0.717) is 5.88 Å². The number of halogens is 1. The molecule has 0 saturated carbocycles. The molecule has 0 saturated heterocycles. The number of allylic oxidation sites excluding steroid dienone is 1. The van der Waals surface area contributed by atoms with Crippen molar-refractivity contribution in [3.8, 4) is 0 Å². The van der Waals surface area contributed by atoms with Crippen molar-refractivity contribution in [1.82, 2.24) is 5.32 Å². The first kappa shape index (κ1) is 10.3. The molecule has 0 bridgehead atoms. The largest absolute Gasteiger partial charge is 0.309 e. The highest BCUT2D eigenvalue weighted by molar-refractivity contribution is 6.18. The third kappa shape index (κ3) is 4.71. The summed E-state index contributed by atoms with van der Waals surface area (Å²) in [7, 11) is 0. The Hall–Kier alpha value is -0.790. The molecule has 1 aromatic carbocycles. The number of benzene rings is 1. The van der Waals surface area contributed by atoms with Crippen LogP contribution < -0.4 is 5.32 Å². The summed E-state index contributed by atoms with van der Waals surface area (Å²) in [5, 5.41) is 3.29. The van der Waals surface area contributed by atoms with Gasteiger partial charge in [0, 0.05) is 19.0 Å². The van der Waals surface area contributed by atoms with Gasteiger partial charge in [0.25, 0.3) is 0 Å². The zero-order valence-corrected chi connectivity index (χ0v) is 8.30. The van der Waals surface area contributed by atoms with Crippen molar-refractivity contribution in [3.63, 3.8) is 0 Å². The first-order valence-electron chi connectivity index (χ1n) is 4.39. The quantitative estimate of drug-likeness (QED) is 0.433. The zero-order valence-electron chi connectivity index (χ0n) is 7.54. The Morgan fingerprint density at radius 1 is 1.15 bits per heavy atom. The van der Waals surface area contributed by atoms with Crippen LogP contribution in [0.4, 0.5) is 0 Å². The second-order valence-electron chi connectivity index (χ2n) is 2.74. The van der Waals surface area contributed by atoms with Gasteiger partial charge in [0.05, 0.1) is 0 Å². The van der Waals surface area contributed by atoms with Crippen LogP contribution in [-0.2, 0) is 6.54 Å². The van der Waals surface area contributed by atoms with Gasteiger partial charge in [-0.3, -0.25) is 0 Å². The molecule has 0 aliphatic rings. The molecule has 0 radical (unpaired) electrons. The van der Waals surface area contributed by atoms with Gasteiger partial charge in [-0.2, -0.15) is 0 Å². The van der Waals surface area contributed by atoms with Crippen molar-refractivity contribution in [2.24, 2.45) is 0 Å². The topological polar surface area (TPSA) is 12.0 Å². The smallest absolute Gasteiger partial charge is 0.0404 e. The Balaban J connectivity index is 2.17. The van der Waals surface area contributed by atoms with Crippen molar-refractivity contribution in [1.29, 1.82) is 0 Å². The highest BCUT2D eigenvalue weighted by Gasteiger charge is 1.87. The molecule has 0 unspecified atom stereocenters. The molecule has 0 fully saturated rings. The zero-order chi connectivity index (χ0) is 9.36. The minimum Gasteiger partial charge on any atom is -0.309 e. The second-order valence-corrected chi connectivity index (χ2v) is 3.05. The highest BCUT2D eigenvalue weighted by Crippen LogP contribution is 1.96. The van der Waals surface area contributed by atoms with Gasteiger partial charge in [0.1, 0.15) is 0 Å². The van der Waals surface area contributed by atoms with Crippen LogP contribution in [0.1, 0.15) is 5.56 Å². The van der Waals surface area contributed by atoms with E-state index in [4.69, 9.17) is 11.6 Å². The predicted molar refractivity (Wildman–Crippen MR) is 58.0 cm³/mol. The Kier molecular flexibility index (Phi) is 5.30. The molecule has 2 heteroatoms. The molecule has 0 atom stereocenters. The number of hydrogen-bond acceptors (Lipinski definition) is 1. The van der Waals surface area contributed by atoms with E-state index < -0.39 is 0 Å². The summed E-state index contributed by atoms with van der Waals surface area (Å²) in [5.74, 6) is 0.590. The maximum absolute atomic E-state index is 5.48. The Bertz CT molecular complexity index is 244. The molecule has 1 aromatic rings. The molecular weight excluding hydrogens is 182 g/mol. The SMILES string of the molecule is ClC/C=C/CNCc1ccccc1. The standard InChI is InChI=1S/C11H14ClN/c12-8-4-5-9-13-10-11-6-2-1-3-7-11/h1-7,13H,8-10H2/b5-4+. The predicted octanol–water partition coefficient (Wildman–Crippen LogP) is 2.57. The van der Waals surface area contributed by atoms with Crippen LogP contribution >= 0.6 is 11.6 Å². The summed E-state index contributed by atoms with van der Waals surface area (Å²) in [4.78, 5) is 0. The highest BCUT2D eigenvalue weighted by atomic mass is 35.5. The second kappa shape index (κ2) is 6.70. The van der Waals surface area contributed by atoms with E-state index in [1.165, 1.54) is 5.56 Å². The van der Waals surface area contributed by atoms with E-state index in [1.54, 1.807) is 0 Å². The molecular formula is C11H14ClN. The average Bonchev–Trinajstić information content (AvgIpc) is 2.19. The van der Waals surface area contributed by atoms with Crippen LogP contribution in [0.5, 0.6) is 0 Å². The lowest BCUT2D eigenvalue weighted by Crippen LogP contribution is -2.12. The van der Waals surface area contributed by atoms with Crippen molar-refractivity contribution in [2.45, 2.75) is 6.54 Å². The van der Waals surface area contributed by atoms with Crippen LogP contribution in [-0.4, -0.2) is 12.4 Å². The third-order valence-electron chi connectivity index (χ3n) is 1.69. The van der Waals surface area contributed by atoms with E-state index in [2.05, 4.69) is 17.4 Å². The summed E-state index contributed by atoms with van der Waals surface area (Å²) in [6, 6.07) is 10.3. The lowest BCUT2D eigenvalue weighted by Gasteiger charge is -2.00. The molecule has 13 heavy (non-hydrogen) atoms. The Morgan fingerprint density at radius 3 is 2.62 bits per heavy atom. The lowest BCUT2D eigenvalue weighted by atomic mass is 10.2. The fourth-order valence-electron chi connectivity index (χ4n) is 1.04. The van der Waals surface area contributed by atoms with Gasteiger partial charge in [-0.25, -0.2) is 0 Å². The number of hydrogen-bond donors (Lipinski definition) is 1. The van der Waals surface area contributed by atoms with Gasteiger partial charge < -0.3 is 5.32 Å². The third-order valence-corrected chi connectivity index (χ3v) is 1.87. The van der Waals surface area contributed by atoms with Crippen LogP contribution in [0.2, 0.25) is 0 Å². The Labute approximate surface area is 84.4 Å². The molecule has 1 N–H and O–H groups in total. The Morgan fingerprint density at radius 2 is 1.92 bits per heavy atom. The van der Waals surface area contributed by atoms with Gasteiger partial charge in [0.2, 0.25) is 0 Å². The number of alkyl halides is 1. The van der Waals surface area contributed by atoms with E-state index in [1.807, 2.05) is 30.4 Å². The molecule has 1 nitrogen and oxygen atoms in total. The molecule has 70 valence electrons. The molecule has 0 aliphatic heterocycles. The summed E-state index contributed by atoms with van der Waals surface area (Å²) in [6.07, 6.45) is 3.98.